The highest BCUT2D eigenvalue weighted by Crippen LogP contribution is 2.39. The number of carbonyl (C=O) groups excluding carboxylic acids is 4. The highest BCUT2D eigenvalue weighted by molar-refractivity contribution is 8.00. The van der Waals surface area contributed by atoms with Gasteiger partial charge in [-0.1, -0.05) is 61.0 Å². The summed E-state index contributed by atoms with van der Waals surface area (Å²) in [5, 5.41) is 31.2. The predicted octanol–water partition coefficient (Wildman–Crippen LogP) is 7.34. The number of piperazine rings is 1. The van der Waals surface area contributed by atoms with E-state index < -0.39 is 5.97 Å². The summed E-state index contributed by atoms with van der Waals surface area (Å²) >= 11 is 1.90. The maximum absolute atomic E-state index is 13.5. The molecule has 5 N–H and O–H groups in total. The fourth-order valence-electron chi connectivity index (χ4n) is 12.7. The summed E-state index contributed by atoms with van der Waals surface area (Å²) in [6.07, 6.45) is 6.11. The second kappa shape index (κ2) is 33.8. The number of aryl methyl sites for hydroxylation is 3. The molecule has 0 spiro atoms. The van der Waals surface area contributed by atoms with E-state index in [4.69, 9.17) is 33.5 Å². The van der Waals surface area contributed by atoms with Crippen LogP contribution in [-0.4, -0.2) is 200 Å². The Morgan fingerprint density at radius 3 is 2.15 bits per heavy atom. The van der Waals surface area contributed by atoms with Gasteiger partial charge in [0.1, 0.15) is 23.8 Å². The van der Waals surface area contributed by atoms with Crippen LogP contribution in [0.3, 0.4) is 0 Å². The molecule has 10 rings (SSSR count). The van der Waals surface area contributed by atoms with E-state index in [2.05, 4.69) is 55.3 Å². The molecule has 3 atom stereocenters. The average molecular weight is 1270 g/mol. The van der Waals surface area contributed by atoms with Crippen molar-refractivity contribution in [1.82, 2.24) is 45.4 Å². The van der Waals surface area contributed by atoms with Crippen LogP contribution in [-0.2, 0) is 60.0 Å². The third-order valence-electron chi connectivity index (χ3n) is 17.5. The van der Waals surface area contributed by atoms with Crippen LogP contribution in [0.5, 0.6) is 11.5 Å². The number of carbonyl (C=O) groups is 5. The van der Waals surface area contributed by atoms with E-state index in [1.807, 2.05) is 101 Å². The summed E-state index contributed by atoms with van der Waals surface area (Å²) in [6, 6.07) is 28.7. The molecule has 0 saturated carbocycles. The van der Waals surface area contributed by atoms with Gasteiger partial charge in [0.15, 0.2) is 0 Å². The number of ether oxygens (including phenoxy) is 6. The number of nitrogens with zero attached hydrogens (tertiary/aromatic N) is 6. The molecule has 4 fully saturated rings. The monoisotopic (exact) mass is 1270 g/mol. The molecule has 4 aromatic carbocycles. The largest absolute Gasteiger partial charge is 0.493 e. The highest BCUT2D eigenvalue weighted by Gasteiger charge is 2.42. The van der Waals surface area contributed by atoms with E-state index in [1.165, 1.54) is 0 Å². The normalized spacial score (nSPS) is 17.5. The highest BCUT2D eigenvalue weighted by atomic mass is 32.2. The number of carboxylic acid groups (broad SMARTS) is 1. The van der Waals surface area contributed by atoms with Gasteiger partial charge >= 0.3 is 12.0 Å². The van der Waals surface area contributed by atoms with Crippen molar-refractivity contribution in [2.24, 2.45) is 7.05 Å². The Morgan fingerprint density at radius 1 is 0.714 bits per heavy atom. The van der Waals surface area contributed by atoms with Gasteiger partial charge in [-0.2, -0.15) is 16.9 Å². The summed E-state index contributed by atoms with van der Waals surface area (Å²) in [5.74, 6) is 1.36. The summed E-state index contributed by atoms with van der Waals surface area (Å²) in [5.41, 5.74) is 6.47. The minimum Gasteiger partial charge on any atom is -0.493 e. The van der Waals surface area contributed by atoms with Crippen molar-refractivity contribution in [3.05, 3.63) is 108 Å². The van der Waals surface area contributed by atoms with Crippen LogP contribution in [0.2, 0.25) is 0 Å². The number of para-hydroxylation sites is 1. The molecule has 4 saturated heterocycles. The lowest BCUT2D eigenvalue weighted by Gasteiger charge is -2.36. The number of fused-ring (bicyclic) bond motifs is 3. The summed E-state index contributed by atoms with van der Waals surface area (Å²) in [6.45, 7) is 12.9. The molecular formula is C68H90N10O12S. The Kier molecular flexibility index (Phi) is 24.7. The number of carboxylic acids is 1. The van der Waals surface area contributed by atoms with Crippen LogP contribution in [0.25, 0.3) is 32.8 Å². The predicted molar refractivity (Wildman–Crippen MR) is 351 cm³/mol. The van der Waals surface area contributed by atoms with Gasteiger partial charge in [-0.15, -0.1) is 0 Å². The van der Waals surface area contributed by atoms with Crippen LogP contribution >= 0.6 is 11.8 Å². The maximum Gasteiger partial charge on any atom is 0.352 e. The van der Waals surface area contributed by atoms with Crippen molar-refractivity contribution < 1.29 is 57.5 Å². The van der Waals surface area contributed by atoms with Crippen molar-refractivity contribution in [3.8, 4) is 22.6 Å². The van der Waals surface area contributed by atoms with E-state index in [9.17, 15) is 29.1 Å². The first-order valence-corrected chi connectivity index (χ1v) is 33.6. The molecule has 23 heteroatoms. The summed E-state index contributed by atoms with van der Waals surface area (Å²) in [7, 11) is 1.92. The van der Waals surface area contributed by atoms with E-state index in [0.717, 1.165) is 106 Å². The number of thioether (sulfide) groups is 1. The molecule has 0 bridgehead atoms. The zero-order valence-electron chi connectivity index (χ0n) is 52.8. The van der Waals surface area contributed by atoms with Crippen LogP contribution in [0.4, 0.5) is 10.5 Å². The van der Waals surface area contributed by atoms with Gasteiger partial charge in [0.2, 0.25) is 17.7 Å². The van der Waals surface area contributed by atoms with Crippen molar-refractivity contribution in [1.29, 1.82) is 0 Å². The van der Waals surface area contributed by atoms with E-state index >= 15 is 0 Å². The fraction of sp³-hybridized carbons (Fsp3) is 0.529. The number of aromatic carboxylic acids is 1. The van der Waals surface area contributed by atoms with Crippen molar-refractivity contribution in [2.45, 2.75) is 102 Å². The molecule has 91 heavy (non-hydrogen) atoms. The Hall–Kier alpha value is -7.41. The lowest BCUT2D eigenvalue weighted by molar-refractivity contribution is -0.133. The first kappa shape index (κ1) is 66.5. The Bertz CT molecular complexity index is 3380. The number of rotatable bonds is 36. The van der Waals surface area contributed by atoms with E-state index in [0.29, 0.717) is 154 Å². The third-order valence-corrected chi connectivity index (χ3v) is 19.0. The van der Waals surface area contributed by atoms with Gasteiger partial charge in [-0.3, -0.25) is 24.0 Å². The smallest absolute Gasteiger partial charge is 0.352 e. The van der Waals surface area contributed by atoms with Gasteiger partial charge in [-0.25, -0.2) is 9.59 Å². The fourth-order valence-corrected chi connectivity index (χ4v) is 14.3. The van der Waals surface area contributed by atoms with E-state index in [1.54, 1.807) is 0 Å². The topological polar surface area (TPSA) is 242 Å². The number of benzene rings is 4. The number of unbranched alkanes of at least 4 members (excludes halogenated alkanes) is 1. The lowest BCUT2D eigenvalue weighted by Crippen LogP contribution is -2.49. The van der Waals surface area contributed by atoms with Gasteiger partial charge in [-0.05, 0) is 86.7 Å². The lowest BCUT2D eigenvalue weighted by atomic mass is 9.98. The molecule has 4 aliphatic heterocycles. The standard InChI is InChI=1S/C68H90N10O12S/c1-48-63(55-16-8-15-53-54(17-9-39-89-58-18-7-13-49-12-3-4-14-52(49)58)66(67(82)83)78(65(53)55)34-29-75-35-40-87-41-36-75)57(74(2)73-48)46-90-51-23-21-50(22-24-51)76-30-32-77(33-31-76)62(81)26-25-61(80)70-28-11-38-86-43-45-88-44-42-85-37-10-27-69-60(79)20-6-5-19-59-64-56(47-91-59)71-68(84)72-64/h3-4,7-8,12-16,18,21-24,56,59,64H,5-6,9-11,17,19-20,25-47H2,1-2H3,(H,69,79)(H,70,80)(H,82,83)(H2,71,72,84)/t56-,59-,64-/m0/s1. The zero-order valence-corrected chi connectivity index (χ0v) is 53.6. The van der Waals surface area contributed by atoms with Crippen LogP contribution in [0.1, 0.15) is 85.2 Å². The molecule has 2 aromatic heterocycles. The van der Waals surface area contributed by atoms with E-state index in [-0.39, 0.29) is 55.3 Å². The molecular weight excluding hydrogens is 1180 g/mol. The zero-order chi connectivity index (χ0) is 63.3. The molecule has 0 unspecified atom stereocenters. The number of urea groups is 1. The van der Waals surface area contributed by atoms with Crippen LogP contribution in [0, 0.1) is 6.92 Å². The average Bonchev–Trinajstić information content (AvgIpc) is 1.60. The third kappa shape index (κ3) is 18.2. The van der Waals surface area contributed by atoms with Crippen molar-refractivity contribution in [3.63, 3.8) is 0 Å². The number of morpholine rings is 1. The molecule has 5 amide bonds. The number of aromatic nitrogens is 3. The maximum atomic E-state index is 13.5. The first-order chi connectivity index (χ1) is 44.5. The minimum atomic E-state index is -0.962. The molecule has 22 nitrogen and oxygen atoms in total. The van der Waals surface area contributed by atoms with Crippen LogP contribution < -0.4 is 35.6 Å². The summed E-state index contributed by atoms with van der Waals surface area (Å²) in [4.78, 5) is 69.5. The summed E-state index contributed by atoms with van der Waals surface area (Å²) < 4.78 is 39.3. The minimum absolute atomic E-state index is 0.0320. The van der Waals surface area contributed by atoms with Crippen LogP contribution in [0.15, 0.2) is 84.9 Å². The Labute approximate surface area is 537 Å². The quantitative estimate of drug-likeness (QED) is 0.0191. The molecule has 0 aliphatic carbocycles. The number of nitrogens with one attached hydrogen (secondary N) is 4. The molecule has 6 aromatic rings. The van der Waals surface area contributed by atoms with Gasteiger partial charge in [0, 0.05) is 144 Å². The second-order valence-electron chi connectivity index (χ2n) is 23.7. The van der Waals surface area contributed by atoms with Gasteiger partial charge < -0.3 is 69.2 Å². The van der Waals surface area contributed by atoms with Gasteiger partial charge in [0.05, 0.1) is 75.2 Å². The number of anilines is 1. The molecule has 6 heterocycles. The Balaban J connectivity index is 0.605. The number of amides is 5. The SMILES string of the molecule is Cc1nn(C)c(COc2ccc(N3CCN(C(=O)CCC(=O)NCCCOCCOCCOCCCNC(=O)CCCC[C@@H]4SC[C@@H]5NC(=O)N[C@@H]54)CC3)cc2)c1-c1cccc2c(CCCOc3cccc4ccccc34)c(C(=O)O)n(CCN3CCOCC3)c12. The number of hydrogen-bond donors (Lipinski definition) is 5. The number of hydrogen-bond acceptors (Lipinski definition) is 15. The molecule has 0 radical (unpaired) electrons. The second-order valence-corrected chi connectivity index (χ2v) is 24.9. The first-order valence-electron chi connectivity index (χ1n) is 32.5. The Morgan fingerprint density at radius 2 is 1.41 bits per heavy atom. The van der Waals surface area contributed by atoms with Crippen molar-refractivity contribution in [2.75, 3.05) is 129 Å². The molecule has 4 aliphatic rings. The van der Waals surface area contributed by atoms with Crippen molar-refractivity contribution >= 4 is 68.8 Å². The van der Waals surface area contributed by atoms with Gasteiger partial charge in [0.25, 0.3) is 0 Å². The molecule has 490 valence electrons.